The lowest BCUT2D eigenvalue weighted by atomic mass is 9.77. The van der Waals surface area contributed by atoms with Gasteiger partial charge in [0.25, 0.3) is 11.8 Å². The van der Waals surface area contributed by atoms with Gasteiger partial charge in [-0.3, -0.25) is 19.3 Å². The molecule has 1 unspecified atom stereocenters. The molecule has 1 saturated heterocycles. The minimum atomic E-state index is -1.29. The minimum absolute atomic E-state index is 0.127. The molecule has 3 atom stereocenters. The molecule has 1 fully saturated rings. The van der Waals surface area contributed by atoms with Crippen molar-refractivity contribution in [3.63, 3.8) is 0 Å². The zero-order valence-electron chi connectivity index (χ0n) is 30.1. The fourth-order valence-electron chi connectivity index (χ4n) is 6.32. The van der Waals surface area contributed by atoms with Gasteiger partial charge in [0, 0.05) is 16.9 Å². The normalized spacial score (nSPS) is 17.3. The van der Waals surface area contributed by atoms with E-state index in [-0.39, 0.29) is 40.4 Å². The Morgan fingerprint density at radius 1 is 1.04 bits per heavy atom. The number of rotatable bonds is 16. The Morgan fingerprint density at radius 3 is 2.19 bits per heavy atom. The van der Waals surface area contributed by atoms with E-state index in [1.54, 1.807) is 12.3 Å². The van der Waals surface area contributed by atoms with Gasteiger partial charge in [-0.05, 0) is 32.7 Å². The first-order chi connectivity index (χ1) is 27.6. The summed E-state index contributed by atoms with van der Waals surface area (Å²) in [5.74, 6) is 2.06. The SMILES string of the molecule is CC(CO/N=C(\C(=O)N[C@@H]1C(=O)N2C(C(=O)O)=C(CSc3nnnn3N)CS[C@@H]12)c1csc(NC(c2ccccc2)(c2ccccc2)c2ccccc2)n1)C(N)=O. The summed E-state index contributed by atoms with van der Waals surface area (Å²) in [4.78, 5) is 64.2. The van der Waals surface area contributed by atoms with Crippen LogP contribution < -0.4 is 22.2 Å². The predicted octanol–water partition coefficient (Wildman–Crippen LogP) is 2.62. The molecule has 292 valence electrons. The van der Waals surface area contributed by atoms with Crippen LogP contribution in [0.15, 0.2) is 118 Å². The molecule has 2 aromatic heterocycles. The zero-order chi connectivity index (χ0) is 40.1. The standard InChI is InChI=1S/C37H35N11O6S3/c1-21(30(38)49)17-54-44-27(31(50)41-28-32(51)47-29(34(52)53)22(18-55-33(28)47)19-57-36-43-45-46-48(36)39)26-20-56-35(40-26)42-37(23-11-5-2-6-12-23,24-13-7-3-8-14-24)25-15-9-4-10-16-25/h2-16,20-21,28,33H,17-19,39H2,1H3,(H2,38,49)(H,40,42)(H,41,50)(H,52,53)/b44-27-/t21?,28-,33+/m1/s1. The Balaban J connectivity index is 1.17. The number of nitrogens with zero attached hydrogens (tertiary/aromatic N) is 7. The van der Waals surface area contributed by atoms with Crippen LogP contribution in [-0.2, 0) is 29.6 Å². The van der Waals surface area contributed by atoms with Crippen molar-refractivity contribution >= 4 is 69.4 Å². The first kappa shape index (κ1) is 39.0. The maximum absolute atomic E-state index is 14.1. The summed E-state index contributed by atoms with van der Waals surface area (Å²) in [6.07, 6.45) is 0. The Kier molecular flexibility index (Phi) is 11.5. The summed E-state index contributed by atoms with van der Waals surface area (Å²) in [7, 11) is 0. The molecule has 3 aromatic carbocycles. The van der Waals surface area contributed by atoms with Crippen LogP contribution in [0.5, 0.6) is 0 Å². The molecule has 17 nitrogen and oxygen atoms in total. The molecule has 7 rings (SSSR count). The fraction of sp³-hybridized carbons (Fsp3) is 0.216. The van der Waals surface area contributed by atoms with Crippen LogP contribution >= 0.6 is 34.9 Å². The average molecular weight is 826 g/mol. The number of anilines is 1. The number of fused-ring (bicyclic) bond motifs is 1. The summed E-state index contributed by atoms with van der Waals surface area (Å²) < 4.78 is 0. The van der Waals surface area contributed by atoms with E-state index >= 15 is 0 Å². The van der Waals surface area contributed by atoms with Crippen molar-refractivity contribution in [2.45, 2.75) is 29.0 Å². The third-order valence-corrected chi connectivity index (χ3v) is 12.3. The highest BCUT2D eigenvalue weighted by molar-refractivity contribution is 8.01. The molecule has 2 aliphatic rings. The zero-order valence-corrected chi connectivity index (χ0v) is 32.5. The summed E-state index contributed by atoms with van der Waals surface area (Å²) in [6, 6.07) is 28.6. The summed E-state index contributed by atoms with van der Waals surface area (Å²) >= 11 is 3.65. The number of primary amides is 1. The highest BCUT2D eigenvalue weighted by atomic mass is 32.2. The van der Waals surface area contributed by atoms with E-state index in [4.69, 9.17) is 21.4 Å². The molecular weight excluding hydrogens is 791 g/mol. The predicted molar refractivity (Wildman–Crippen MR) is 214 cm³/mol. The number of aliphatic carboxylic acids is 1. The summed E-state index contributed by atoms with van der Waals surface area (Å²) in [5.41, 5.74) is 7.45. The lowest BCUT2D eigenvalue weighted by Crippen LogP contribution is -2.71. The van der Waals surface area contributed by atoms with Gasteiger partial charge in [0.1, 0.15) is 35.0 Å². The van der Waals surface area contributed by atoms with E-state index in [1.165, 1.54) is 23.1 Å². The Morgan fingerprint density at radius 2 is 1.65 bits per heavy atom. The van der Waals surface area contributed by atoms with E-state index < -0.39 is 46.6 Å². The number of thiazole rings is 1. The summed E-state index contributed by atoms with van der Waals surface area (Å²) in [5, 5.41) is 33.1. The van der Waals surface area contributed by atoms with Crippen molar-refractivity contribution in [2.24, 2.45) is 16.8 Å². The van der Waals surface area contributed by atoms with Gasteiger partial charge in [-0.25, -0.2) is 9.78 Å². The van der Waals surface area contributed by atoms with Crippen LogP contribution in [0.4, 0.5) is 5.13 Å². The number of β-lactam (4-membered cyclic amide) rings is 1. The van der Waals surface area contributed by atoms with E-state index in [2.05, 4.69) is 31.3 Å². The maximum atomic E-state index is 14.1. The second kappa shape index (κ2) is 16.9. The second-order valence-electron chi connectivity index (χ2n) is 12.9. The van der Waals surface area contributed by atoms with Gasteiger partial charge in [0.2, 0.25) is 11.1 Å². The lowest BCUT2D eigenvalue weighted by molar-refractivity contribution is -0.150. The molecule has 20 heteroatoms. The molecule has 57 heavy (non-hydrogen) atoms. The quantitative estimate of drug-likeness (QED) is 0.0240. The largest absolute Gasteiger partial charge is 0.477 e. The van der Waals surface area contributed by atoms with E-state index in [1.807, 2.05) is 91.0 Å². The molecule has 0 saturated carbocycles. The van der Waals surface area contributed by atoms with Crippen LogP contribution in [0.25, 0.3) is 0 Å². The molecule has 0 bridgehead atoms. The van der Waals surface area contributed by atoms with Crippen LogP contribution in [-0.4, -0.2) is 94.2 Å². The Bertz CT molecular complexity index is 2240. The first-order valence-electron chi connectivity index (χ1n) is 17.4. The van der Waals surface area contributed by atoms with Crippen LogP contribution in [0.3, 0.4) is 0 Å². The van der Waals surface area contributed by atoms with Crippen molar-refractivity contribution < 1.29 is 29.1 Å². The Labute approximate surface area is 337 Å². The van der Waals surface area contributed by atoms with Gasteiger partial charge in [-0.15, -0.1) is 27.9 Å². The van der Waals surface area contributed by atoms with Crippen LogP contribution in [0, 0.1) is 5.92 Å². The molecule has 3 amide bonds. The number of amides is 3. The van der Waals surface area contributed by atoms with Gasteiger partial charge in [0.15, 0.2) is 10.8 Å². The molecular formula is C37H35N11O6S3. The van der Waals surface area contributed by atoms with Gasteiger partial charge in [-0.2, -0.15) is 0 Å². The number of carboxylic acids is 1. The molecule has 5 aromatic rings. The highest BCUT2D eigenvalue weighted by Gasteiger charge is 2.54. The smallest absolute Gasteiger partial charge is 0.352 e. The number of hydrogen-bond donors (Lipinski definition) is 5. The first-order valence-corrected chi connectivity index (χ1v) is 20.3. The van der Waals surface area contributed by atoms with Crippen molar-refractivity contribution in [3.05, 3.63) is 130 Å². The van der Waals surface area contributed by atoms with Crippen molar-refractivity contribution in [3.8, 4) is 0 Å². The monoisotopic (exact) mass is 825 g/mol. The number of thioether (sulfide) groups is 2. The number of carbonyl (C=O) groups excluding carboxylic acids is 3. The van der Waals surface area contributed by atoms with E-state index in [0.717, 1.165) is 38.1 Å². The number of carboxylic acid groups (broad SMARTS) is 1. The van der Waals surface area contributed by atoms with Crippen molar-refractivity contribution in [1.29, 1.82) is 0 Å². The fourth-order valence-corrected chi connectivity index (χ4v) is 9.35. The number of carbonyl (C=O) groups is 4. The van der Waals surface area contributed by atoms with Crippen molar-refractivity contribution in [2.75, 3.05) is 29.3 Å². The number of hydrogen-bond acceptors (Lipinski definition) is 15. The number of nitrogen functional groups attached to an aromatic ring is 1. The number of benzene rings is 3. The number of oxime groups is 1. The van der Waals surface area contributed by atoms with Crippen LogP contribution in [0.2, 0.25) is 0 Å². The second-order valence-corrected chi connectivity index (χ2v) is 15.8. The van der Waals surface area contributed by atoms with Gasteiger partial charge < -0.3 is 32.2 Å². The lowest BCUT2D eigenvalue weighted by Gasteiger charge is -2.49. The Hall–Kier alpha value is -6.25. The number of nitrogens with two attached hydrogens (primary N) is 2. The van der Waals surface area contributed by atoms with Gasteiger partial charge in [-0.1, -0.05) is 120 Å². The van der Waals surface area contributed by atoms with E-state index in [9.17, 15) is 24.3 Å². The van der Waals surface area contributed by atoms with Crippen molar-refractivity contribution in [1.82, 2.24) is 35.5 Å². The molecule has 2 aliphatic heterocycles. The summed E-state index contributed by atoms with van der Waals surface area (Å²) in [6.45, 7) is 1.33. The van der Waals surface area contributed by atoms with Gasteiger partial charge >= 0.3 is 5.97 Å². The maximum Gasteiger partial charge on any atom is 0.352 e. The van der Waals surface area contributed by atoms with Crippen LogP contribution in [0.1, 0.15) is 29.3 Å². The minimum Gasteiger partial charge on any atom is -0.477 e. The topological polar surface area (TPSA) is 246 Å². The molecule has 0 radical (unpaired) electrons. The highest BCUT2D eigenvalue weighted by Crippen LogP contribution is 2.42. The van der Waals surface area contributed by atoms with E-state index in [0.29, 0.717) is 10.7 Å². The number of nitrogens with one attached hydrogen (secondary N) is 2. The molecule has 0 spiro atoms. The third-order valence-electron chi connectivity index (χ3n) is 9.22. The van der Waals surface area contributed by atoms with Gasteiger partial charge in [0.05, 0.1) is 5.92 Å². The third kappa shape index (κ3) is 7.91. The molecule has 7 N–H and O–H groups in total. The average Bonchev–Trinajstić information content (AvgIpc) is 3.88. The molecule has 4 heterocycles. The number of tetrazole rings is 1. The number of aromatic nitrogens is 5. The molecule has 0 aliphatic carbocycles.